The van der Waals surface area contributed by atoms with Gasteiger partial charge in [-0.25, -0.2) is 4.79 Å². The van der Waals surface area contributed by atoms with Crippen LogP contribution in [-0.4, -0.2) is 25.1 Å². The number of nitrogens with one attached hydrogen (secondary N) is 2. The molecule has 5 heteroatoms. The van der Waals surface area contributed by atoms with Gasteiger partial charge in [-0.3, -0.25) is 4.98 Å². The van der Waals surface area contributed by atoms with Crippen LogP contribution in [0.25, 0.3) is 0 Å². The molecule has 0 fully saturated rings. The monoisotopic (exact) mass is 298 g/mol. The highest BCUT2D eigenvalue weighted by molar-refractivity contribution is 5.90. The molecular weight excluding hydrogens is 276 g/mol. The predicted octanol–water partition coefficient (Wildman–Crippen LogP) is 3.09. The summed E-state index contributed by atoms with van der Waals surface area (Å²) in [7, 11) is 3.98. The molecule has 0 bridgehead atoms. The Morgan fingerprint density at radius 1 is 1.18 bits per heavy atom. The van der Waals surface area contributed by atoms with Crippen molar-refractivity contribution in [2.45, 2.75) is 20.4 Å². The lowest BCUT2D eigenvalue weighted by Crippen LogP contribution is -2.28. The number of anilines is 2. The Labute approximate surface area is 131 Å². The molecular formula is C17H22N4O. The molecule has 0 radical (unpaired) electrons. The van der Waals surface area contributed by atoms with Crippen molar-refractivity contribution in [1.29, 1.82) is 0 Å². The quantitative estimate of drug-likeness (QED) is 0.912. The van der Waals surface area contributed by atoms with Crippen LogP contribution in [-0.2, 0) is 6.54 Å². The van der Waals surface area contributed by atoms with Gasteiger partial charge in [0, 0.05) is 31.2 Å². The first-order valence-corrected chi connectivity index (χ1v) is 7.21. The van der Waals surface area contributed by atoms with Crippen molar-refractivity contribution in [3.8, 4) is 0 Å². The number of pyridine rings is 1. The molecule has 1 heterocycles. The number of aromatic nitrogens is 1. The molecule has 5 nitrogen and oxygen atoms in total. The van der Waals surface area contributed by atoms with Gasteiger partial charge in [-0.05, 0) is 49.7 Å². The highest BCUT2D eigenvalue weighted by Gasteiger charge is 2.06. The average molecular weight is 298 g/mol. The summed E-state index contributed by atoms with van der Waals surface area (Å²) < 4.78 is 0. The number of carbonyl (C=O) groups excluding carboxylic acids is 1. The first-order chi connectivity index (χ1) is 10.5. The zero-order valence-corrected chi connectivity index (χ0v) is 13.5. The molecule has 0 atom stereocenters. The van der Waals surface area contributed by atoms with Crippen LogP contribution in [0.3, 0.4) is 0 Å². The Kier molecular flexibility index (Phi) is 4.99. The molecule has 0 aliphatic rings. The average Bonchev–Trinajstić information content (AvgIpc) is 2.47. The lowest BCUT2D eigenvalue weighted by molar-refractivity contribution is 0.251. The molecule has 0 saturated carbocycles. The maximum Gasteiger partial charge on any atom is 0.319 e. The highest BCUT2D eigenvalue weighted by atomic mass is 16.2. The smallest absolute Gasteiger partial charge is 0.319 e. The third-order valence-corrected chi connectivity index (χ3v) is 3.35. The summed E-state index contributed by atoms with van der Waals surface area (Å²) in [6.45, 7) is 4.31. The second-order valence-corrected chi connectivity index (χ2v) is 5.47. The number of aryl methyl sites for hydroxylation is 2. The normalized spacial score (nSPS) is 10.2. The number of rotatable bonds is 4. The number of hydrogen-bond acceptors (Lipinski definition) is 3. The number of amides is 2. The minimum atomic E-state index is -0.232. The van der Waals surface area contributed by atoms with Gasteiger partial charge in [0.05, 0.1) is 12.2 Å². The lowest BCUT2D eigenvalue weighted by Gasteiger charge is -2.15. The van der Waals surface area contributed by atoms with Crippen LogP contribution >= 0.6 is 0 Å². The van der Waals surface area contributed by atoms with Gasteiger partial charge in [-0.2, -0.15) is 0 Å². The number of carbonyl (C=O) groups is 1. The summed E-state index contributed by atoms with van der Waals surface area (Å²) in [4.78, 5) is 18.4. The maximum atomic E-state index is 12.0. The minimum absolute atomic E-state index is 0.232. The van der Waals surface area contributed by atoms with E-state index in [0.29, 0.717) is 6.54 Å². The van der Waals surface area contributed by atoms with E-state index in [0.717, 1.165) is 28.3 Å². The van der Waals surface area contributed by atoms with Crippen LogP contribution < -0.4 is 15.5 Å². The molecule has 0 unspecified atom stereocenters. The van der Waals surface area contributed by atoms with E-state index < -0.39 is 0 Å². The molecule has 1 aromatic heterocycles. The standard InChI is InChI=1S/C17H22N4O/c1-12-10-15(21(3)4)8-9-16(12)20-17(22)18-11-14-7-5-6-13(2)19-14/h5-10H,11H2,1-4H3,(H2,18,20,22). The Balaban J connectivity index is 1.94. The summed E-state index contributed by atoms with van der Waals surface area (Å²) >= 11 is 0. The van der Waals surface area contributed by atoms with Gasteiger partial charge in [0.15, 0.2) is 0 Å². The van der Waals surface area contributed by atoms with E-state index in [9.17, 15) is 4.79 Å². The van der Waals surface area contributed by atoms with Crippen molar-refractivity contribution in [1.82, 2.24) is 10.3 Å². The number of nitrogens with zero attached hydrogens (tertiary/aromatic N) is 2. The van der Waals surface area contributed by atoms with Gasteiger partial charge in [0.2, 0.25) is 0 Å². The third kappa shape index (κ3) is 4.22. The molecule has 0 aliphatic carbocycles. The van der Waals surface area contributed by atoms with Gasteiger partial charge in [0.1, 0.15) is 0 Å². The molecule has 2 N–H and O–H groups in total. The van der Waals surface area contributed by atoms with E-state index in [1.165, 1.54) is 0 Å². The summed E-state index contributed by atoms with van der Waals surface area (Å²) in [5, 5.41) is 5.68. The van der Waals surface area contributed by atoms with Crippen LogP contribution in [0.2, 0.25) is 0 Å². The number of hydrogen-bond donors (Lipinski definition) is 2. The first-order valence-electron chi connectivity index (χ1n) is 7.21. The molecule has 0 spiro atoms. The second-order valence-electron chi connectivity index (χ2n) is 5.47. The maximum absolute atomic E-state index is 12.0. The van der Waals surface area contributed by atoms with Crippen molar-refractivity contribution >= 4 is 17.4 Å². The van der Waals surface area contributed by atoms with Crippen LogP contribution in [0.5, 0.6) is 0 Å². The van der Waals surface area contributed by atoms with E-state index >= 15 is 0 Å². The Morgan fingerprint density at radius 2 is 1.95 bits per heavy atom. The number of benzene rings is 1. The van der Waals surface area contributed by atoms with Crippen molar-refractivity contribution in [3.63, 3.8) is 0 Å². The van der Waals surface area contributed by atoms with E-state index in [1.807, 2.05) is 69.2 Å². The molecule has 0 saturated heterocycles. The van der Waals surface area contributed by atoms with Gasteiger partial charge in [0.25, 0.3) is 0 Å². The Morgan fingerprint density at radius 3 is 2.59 bits per heavy atom. The van der Waals surface area contributed by atoms with E-state index in [1.54, 1.807) is 0 Å². The number of urea groups is 1. The zero-order chi connectivity index (χ0) is 16.1. The van der Waals surface area contributed by atoms with Gasteiger partial charge in [-0.15, -0.1) is 0 Å². The van der Waals surface area contributed by atoms with Gasteiger partial charge >= 0.3 is 6.03 Å². The minimum Gasteiger partial charge on any atom is -0.378 e. The fourth-order valence-electron chi connectivity index (χ4n) is 2.10. The fourth-order valence-corrected chi connectivity index (χ4v) is 2.10. The lowest BCUT2D eigenvalue weighted by atomic mass is 10.1. The summed E-state index contributed by atoms with van der Waals surface area (Å²) in [6.07, 6.45) is 0. The summed E-state index contributed by atoms with van der Waals surface area (Å²) in [5.74, 6) is 0. The van der Waals surface area contributed by atoms with E-state index in [4.69, 9.17) is 0 Å². The van der Waals surface area contributed by atoms with Gasteiger partial charge in [-0.1, -0.05) is 6.07 Å². The Hall–Kier alpha value is -2.56. The molecule has 2 aromatic rings. The van der Waals surface area contributed by atoms with Crippen molar-refractivity contribution in [3.05, 3.63) is 53.3 Å². The van der Waals surface area contributed by atoms with Crippen molar-refractivity contribution in [2.24, 2.45) is 0 Å². The van der Waals surface area contributed by atoms with Gasteiger partial charge < -0.3 is 15.5 Å². The molecule has 0 aliphatic heterocycles. The fraction of sp³-hybridized carbons (Fsp3) is 0.294. The molecule has 2 rings (SSSR count). The summed E-state index contributed by atoms with van der Waals surface area (Å²) in [5.41, 5.74) is 4.72. The highest BCUT2D eigenvalue weighted by Crippen LogP contribution is 2.21. The molecule has 2 amide bonds. The van der Waals surface area contributed by atoms with Crippen LogP contribution in [0.4, 0.5) is 16.2 Å². The molecule has 22 heavy (non-hydrogen) atoms. The first kappa shape index (κ1) is 15.8. The molecule has 1 aromatic carbocycles. The predicted molar refractivity (Wildman–Crippen MR) is 90.3 cm³/mol. The van der Waals surface area contributed by atoms with Crippen LogP contribution in [0.15, 0.2) is 36.4 Å². The zero-order valence-electron chi connectivity index (χ0n) is 13.5. The Bertz CT molecular complexity index is 667. The SMILES string of the molecule is Cc1cccc(CNC(=O)Nc2ccc(N(C)C)cc2C)n1. The topological polar surface area (TPSA) is 57.3 Å². The van der Waals surface area contributed by atoms with Crippen molar-refractivity contribution < 1.29 is 4.79 Å². The van der Waals surface area contributed by atoms with E-state index in [-0.39, 0.29) is 6.03 Å². The largest absolute Gasteiger partial charge is 0.378 e. The van der Waals surface area contributed by atoms with Crippen LogP contribution in [0, 0.1) is 13.8 Å². The third-order valence-electron chi connectivity index (χ3n) is 3.35. The van der Waals surface area contributed by atoms with E-state index in [2.05, 4.69) is 15.6 Å². The van der Waals surface area contributed by atoms with Crippen LogP contribution in [0.1, 0.15) is 17.0 Å². The summed E-state index contributed by atoms with van der Waals surface area (Å²) in [6, 6.07) is 11.5. The second kappa shape index (κ2) is 6.93. The molecule has 116 valence electrons. The van der Waals surface area contributed by atoms with Crippen molar-refractivity contribution in [2.75, 3.05) is 24.3 Å².